The lowest BCUT2D eigenvalue weighted by Gasteiger charge is -2.09. The van der Waals surface area contributed by atoms with Crippen molar-refractivity contribution >= 4 is 16.7 Å². The zero-order valence-corrected chi connectivity index (χ0v) is 17.4. The van der Waals surface area contributed by atoms with Gasteiger partial charge in [0.1, 0.15) is 12.4 Å². The number of amides is 1. The monoisotopic (exact) mass is 418 g/mol. The van der Waals surface area contributed by atoms with Crippen LogP contribution in [0.4, 0.5) is 4.39 Å². The summed E-state index contributed by atoms with van der Waals surface area (Å²) in [6.45, 7) is 4.61. The average molecular weight is 418 g/mol. The predicted octanol–water partition coefficient (Wildman–Crippen LogP) is 3.32. The first kappa shape index (κ1) is 20.5. The van der Waals surface area contributed by atoms with E-state index in [2.05, 4.69) is 15.0 Å². The van der Waals surface area contributed by atoms with Crippen molar-refractivity contribution in [2.45, 2.75) is 33.5 Å². The number of hydrogen-bond acceptors (Lipinski definition) is 3. The molecule has 0 atom stereocenters. The van der Waals surface area contributed by atoms with Crippen LogP contribution in [0.2, 0.25) is 0 Å². The molecular formula is C24H23FN4O2. The molecule has 0 fully saturated rings. The van der Waals surface area contributed by atoms with E-state index in [9.17, 15) is 14.0 Å². The van der Waals surface area contributed by atoms with E-state index in [0.717, 1.165) is 27.9 Å². The van der Waals surface area contributed by atoms with Gasteiger partial charge < -0.3 is 9.88 Å². The second-order valence-electron chi connectivity index (χ2n) is 7.54. The summed E-state index contributed by atoms with van der Waals surface area (Å²) >= 11 is 0. The first-order valence-electron chi connectivity index (χ1n) is 10.0. The van der Waals surface area contributed by atoms with E-state index in [4.69, 9.17) is 0 Å². The summed E-state index contributed by atoms with van der Waals surface area (Å²) in [7, 11) is 0. The molecular weight excluding hydrogens is 395 g/mol. The third-order valence-electron chi connectivity index (χ3n) is 5.49. The molecule has 0 saturated carbocycles. The topological polar surface area (TPSA) is 68.9 Å². The number of rotatable bonds is 6. The average Bonchev–Trinajstić information content (AvgIpc) is 3.01. The highest BCUT2D eigenvalue weighted by Crippen LogP contribution is 2.23. The van der Waals surface area contributed by atoms with Gasteiger partial charge in [0.2, 0.25) is 5.91 Å². The molecule has 0 radical (unpaired) electrons. The van der Waals surface area contributed by atoms with E-state index in [1.165, 1.54) is 16.8 Å². The molecule has 0 saturated heterocycles. The summed E-state index contributed by atoms with van der Waals surface area (Å²) in [6, 6.07) is 15.9. The zero-order valence-electron chi connectivity index (χ0n) is 17.4. The minimum Gasteiger partial charge on any atom is -0.350 e. The number of carbonyl (C=O) groups is 1. The highest BCUT2D eigenvalue weighted by molar-refractivity contribution is 5.87. The molecule has 31 heavy (non-hydrogen) atoms. The molecule has 158 valence electrons. The molecule has 0 aliphatic rings. The van der Waals surface area contributed by atoms with Crippen LogP contribution >= 0.6 is 0 Å². The lowest BCUT2D eigenvalue weighted by atomic mass is 10.2. The molecule has 0 bridgehead atoms. The fourth-order valence-corrected chi connectivity index (χ4v) is 3.76. The molecule has 7 heteroatoms. The molecule has 0 unspecified atom stereocenters. The lowest BCUT2D eigenvalue weighted by Crippen LogP contribution is -2.33. The van der Waals surface area contributed by atoms with Crippen molar-refractivity contribution in [3.8, 4) is 0 Å². The van der Waals surface area contributed by atoms with Crippen LogP contribution in [0.5, 0.6) is 0 Å². The molecule has 4 aromatic rings. The van der Waals surface area contributed by atoms with Crippen LogP contribution in [0.25, 0.3) is 10.8 Å². The Balaban J connectivity index is 1.56. The van der Waals surface area contributed by atoms with Gasteiger partial charge in [0.15, 0.2) is 0 Å². The zero-order chi connectivity index (χ0) is 22.0. The first-order valence-corrected chi connectivity index (χ1v) is 10.0. The lowest BCUT2D eigenvalue weighted by molar-refractivity contribution is -0.122. The molecule has 1 amide bonds. The Labute approximate surface area is 178 Å². The second kappa shape index (κ2) is 8.55. The summed E-state index contributed by atoms with van der Waals surface area (Å²) in [5.74, 6) is -0.666. The molecule has 6 nitrogen and oxygen atoms in total. The number of aromatic nitrogens is 3. The summed E-state index contributed by atoms with van der Waals surface area (Å²) in [6.07, 6.45) is 1.65. The third kappa shape index (κ3) is 4.26. The smallest absolute Gasteiger partial charge is 0.276 e. The number of halogens is 1. The van der Waals surface area contributed by atoms with Crippen LogP contribution in [-0.4, -0.2) is 20.3 Å². The Morgan fingerprint density at radius 3 is 2.42 bits per heavy atom. The number of carbonyl (C=O) groups excluding carboxylic acids is 1. The Morgan fingerprint density at radius 2 is 1.71 bits per heavy atom. The number of hydrogen-bond donors (Lipinski definition) is 1. The number of fused-ring (bicyclic) bond motifs is 1. The van der Waals surface area contributed by atoms with Gasteiger partial charge in [0.25, 0.3) is 5.56 Å². The Morgan fingerprint density at radius 1 is 1.00 bits per heavy atom. The van der Waals surface area contributed by atoms with Crippen LogP contribution in [0.3, 0.4) is 0 Å². The van der Waals surface area contributed by atoms with Crippen molar-refractivity contribution in [3.05, 3.63) is 99.5 Å². The molecule has 0 spiro atoms. The number of nitrogens with zero attached hydrogens (tertiary/aromatic N) is 3. The predicted molar refractivity (Wildman–Crippen MR) is 117 cm³/mol. The normalized spacial score (nSPS) is 11.1. The standard InChI is InChI=1S/C24H23FN4O2/c1-16-21-13-27-29(15-22(30)26-12-18-8-10-20(25)11-9-18)24(31)23(21)17(2)28(16)14-19-6-4-3-5-7-19/h3-11,13H,12,14-15H2,1-2H3,(H,26,30). The molecule has 0 aliphatic carbocycles. The summed E-state index contributed by atoms with van der Waals surface area (Å²) in [4.78, 5) is 25.4. The van der Waals surface area contributed by atoms with E-state index in [1.54, 1.807) is 18.3 Å². The van der Waals surface area contributed by atoms with Gasteiger partial charge in [-0.3, -0.25) is 9.59 Å². The molecule has 1 N–H and O–H groups in total. The Hall–Kier alpha value is -3.74. The van der Waals surface area contributed by atoms with Gasteiger partial charge in [0, 0.05) is 29.9 Å². The number of benzene rings is 2. The molecule has 4 rings (SSSR count). The summed E-state index contributed by atoms with van der Waals surface area (Å²) in [5, 5.41) is 8.33. The van der Waals surface area contributed by atoms with Gasteiger partial charge in [-0.1, -0.05) is 42.5 Å². The fraction of sp³-hybridized carbons (Fsp3) is 0.208. The number of nitrogens with one attached hydrogen (secondary N) is 1. The molecule has 0 aliphatic heterocycles. The summed E-state index contributed by atoms with van der Waals surface area (Å²) in [5.41, 5.74) is 3.44. The van der Waals surface area contributed by atoms with Crippen molar-refractivity contribution in [1.29, 1.82) is 0 Å². The largest absolute Gasteiger partial charge is 0.350 e. The molecule has 2 heterocycles. The maximum atomic E-state index is 13.1. The number of aryl methyl sites for hydroxylation is 2. The van der Waals surface area contributed by atoms with Crippen molar-refractivity contribution < 1.29 is 9.18 Å². The highest BCUT2D eigenvalue weighted by Gasteiger charge is 2.17. The highest BCUT2D eigenvalue weighted by atomic mass is 19.1. The van der Waals surface area contributed by atoms with Crippen LogP contribution in [-0.2, 0) is 24.4 Å². The van der Waals surface area contributed by atoms with E-state index in [-0.39, 0.29) is 30.4 Å². The van der Waals surface area contributed by atoms with E-state index >= 15 is 0 Å². The van der Waals surface area contributed by atoms with E-state index in [1.807, 2.05) is 44.2 Å². The van der Waals surface area contributed by atoms with Gasteiger partial charge in [-0.2, -0.15) is 5.10 Å². The molecule has 2 aromatic heterocycles. The van der Waals surface area contributed by atoms with Crippen LogP contribution in [0.1, 0.15) is 22.5 Å². The summed E-state index contributed by atoms with van der Waals surface area (Å²) < 4.78 is 16.3. The third-order valence-corrected chi connectivity index (χ3v) is 5.49. The van der Waals surface area contributed by atoms with E-state index in [0.29, 0.717) is 11.9 Å². The first-order chi connectivity index (χ1) is 14.9. The van der Waals surface area contributed by atoms with Crippen LogP contribution in [0.15, 0.2) is 65.6 Å². The van der Waals surface area contributed by atoms with Gasteiger partial charge in [-0.25, -0.2) is 9.07 Å². The Bertz CT molecular complexity index is 1290. The quantitative estimate of drug-likeness (QED) is 0.522. The maximum Gasteiger partial charge on any atom is 0.276 e. The Kier molecular flexibility index (Phi) is 5.66. The van der Waals surface area contributed by atoms with Crippen molar-refractivity contribution in [3.63, 3.8) is 0 Å². The van der Waals surface area contributed by atoms with Gasteiger partial charge in [-0.05, 0) is 37.1 Å². The van der Waals surface area contributed by atoms with Gasteiger partial charge in [-0.15, -0.1) is 0 Å². The second-order valence-corrected chi connectivity index (χ2v) is 7.54. The molecule has 2 aromatic carbocycles. The van der Waals surface area contributed by atoms with Crippen molar-refractivity contribution in [1.82, 2.24) is 19.7 Å². The van der Waals surface area contributed by atoms with Crippen LogP contribution < -0.4 is 10.9 Å². The van der Waals surface area contributed by atoms with Crippen molar-refractivity contribution in [2.75, 3.05) is 0 Å². The van der Waals surface area contributed by atoms with E-state index < -0.39 is 0 Å². The van der Waals surface area contributed by atoms with Gasteiger partial charge in [0.05, 0.1) is 11.6 Å². The SMILES string of the molecule is Cc1c2cnn(CC(=O)NCc3ccc(F)cc3)c(=O)c2c(C)n1Cc1ccccc1. The van der Waals surface area contributed by atoms with Crippen LogP contribution in [0, 0.1) is 19.7 Å². The van der Waals surface area contributed by atoms with Crippen molar-refractivity contribution in [2.24, 2.45) is 0 Å². The van der Waals surface area contributed by atoms with Gasteiger partial charge >= 0.3 is 0 Å². The fourth-order valence-electron chi connectivity index (χ4n) is 3.76. The minimum atomic E-state index is -0.337. The minimum absolute atomic E-state index is 0.182. The maximum absolute atomic E-state index is 13.1.